The molecule has 0 bridgehead atoms. The van der Waals surface area contributed by atoms with E-state index < -0.39 is 10.2 Å². The van der Waals surface area contributed by atoms with Crippen LogP contribution in [0, 0.1) is 5.41 Å². The number of nitrogens with one attached hydrogen (secondary N) is 3. The fourth-order valence-corrected chi connectivity index (χ4v) is 1.29. The first-order chi connectivity index (χ1) is 5.02. The maximum Gasteiger partial charge on any atom is 0.276 e. The lowest BCUT2D eigenvalue weighted by Crippen LogP contribution is -2.39. The highest BCUT2D eigenvalue weighted by molar-refractivity contribution is 7.87. The monoisotopic (exact) mass is 179 g/mol. The van der Waals surface area contributed by atoms with Gasteiger partial charge >= 0.3 is 0 Å². The molecule has 0 unspecified atom stereocenters. The van der Waals surface area contributed by atoms with E-state index in [1.165, 1.54) is 13.3 Å². The molecule has 3 N–H and O–H groups in total. The van der Waals surface area contributed by atoms with Gasteiger partial charge in [-0.25, -0.2) is 4.72 Å². The van der Waals surface area contributed by atoms with E-state index in [2.05, 4.69) is 9.44 Å². The van der Waals surface area contributed by atoms with Crippen molar-refractivity contribution in [3.05, 3.63) is 0 Å². The molecule has 0 aromatic rings. The second kappa shape index (κ2) is 4.42. The third-order valence-electron chi connectivity index (χ3n) is 1.10. The largest absolute Gasteiger partial charge is 0.313 e. The van der Waals surface area contributed by atoms with Crippen LogP contribution in [0.25, 0.3) is 0 Å². The van der Waals surface area contributed by atoms with Crippen molar-refractivity contribution in [2.45, 2.75) is 19.4 Å². The van der Waals surface area contributed by atoms with Crippen molar-refractivity contribution < 1.29 is 8.42 Å². The highest BCUT2D eigenvalue weighted by Crippen LogP contribution is 1.88. The Kier molecular flexibility index (Phi) is 4.24. The van der Waals surface area contributed by atoms with E-state index in [0.29, 0.717) is 6.42 Å². The Morgan fingerprint density at radius 3 is 2.55 bits per heavy atom. The van der Waals surface area contributed by atoms with Gasteiger partial charge in [0.15, 0.2) is 0 Å². The molecule has 5 nitrogen and oxygen atoms in total. The van der Waals surface area contributed by atoms with Gasteiger partial charge in [0.2, 0.25) is 0 Å². The molecule has 0 rings (SSSR count). The molecule has 0 aromatic carbocycles. The molecule has 0 radical (unpaired) electrons. The Morgan fingerprint density at radius 2 is 2.18 bits per heavy atom. The van der Waals surface area contributed by atoms with Crippen LogP contribution in [0.3, 0.4) is 0 Å². The fourth-order valence-electron chi connectivity index (χ4n) is 0.549. The summed E-state index contributed by atoms with van der Waals surface area (Å²) < 4.78 is 26.0. The zero-order valence-electron chi connectivity index (χ0n) is 6.59. The third kappa shape index (κ3) is 4.88. The lowest BCUT2D eigenvalue weighted by Gasteiger charge is -2.09. The molecule has 0 saturated heterocycles. The van der Waals surface area contributed by atoms with E-state index in [1.807, 2.05) is 0 Å². The smallest absolute Gasteiger partial charge is 0.276 e. The Labute approximate surface area is 66.9 Å². The Morgan fingerprint density at radius 1 is 1.64 bits per heavy atom. The second-order valence-electron chi connectivity index (χ2n) is 2.17. The molecule has 0 saturated carbocycles. The van der Waals surface area contributed by atoms with Crippen molar-refractivity contribution in [2.24, 2.45) is 0 Å². The standard InChI is InChI=1S/C5H13N3O2S/c1-5(3-4-6)8-11(9,10)7-2/h4-8H,3H2,1-2H3/t5-/m1/s1. The summed E-state index contributed by atoms with van der Waals surface area (Å²) in [6.45, 7) is 1.69. The lowest BCUT2D eigenvalue weighted by molar-refractivity contribution is 0.557. The molecule has 1 atom stereocenters. The summed E-state index contributed by atoms with van der Waals surface area (Å²) in [7, 11) is -2.01. The summed E-state index contributed by atoms with van der Waals surface area (Å²) in [6, 6.07) is -0.232. The van der Waals surface area contributed by atoms with E-state index in [1.54, 1.807) is 6.92 Å². The van der Waals surface area contributed by atoms with E-state index in [-0.39, 0.29) is 6.04 Å². The van der Waals surface area contributed by atoms with Crippen molar-refractivity contribution in [1.82, 2.24) is 9.44 Å². The van der Waals surface area contributed by atoms with Gasteiger partial charge in [0.1, 0.15) is 0 Å². The Hall–Kier alpha value is -0.460. The van der Waals surface area contributed by atoms with Crippen molar-refractivity contribution in [3.63, 3.8) is 0 Å². The minimum Gasteiger partial charge on any atom is -0.313 e. The predicted molar refractivity (Wildman–Crippen MR) is 44.0 cm³/mol. The zero-order chi connectivity index (χ0) is 8.91. The first-order valence-corrected chi connectivity index (χ1v) is 4.70. The van der Waals surface area contributed by atoms with Crippen molar-refractivity contribution in [2.75, 3.05) is 7.05 Å². The maximum absolute atomic E-state index is 10.8. The summed E-state index contributed by atoms with van der Waals surface area (Å²) in [6.07, 6.45) is 1.57. The molecule has 0 aliphatic rings. The molecule has 0 aliphatic carbocycles. The number of rotatable bonds is 5. The van der Waals surface area contributed by atoms with Crippen molar-refractivity contribution in [3.8, 4) is 0 Å². The van der Waals surface area contributed by atoms with Crippen LogP contribution in [-0.2, 0) is 10.2 Å². The van der Waals surface area contributed by atoms with Crippen LogP contribution in [0.4, 0.5) is 0 Å². The topological polar surface area (TPSA) is 82.1 Å². The summed E-state index contributed by atoms with van der Waals surface area (Å²) in [5.74, 6) is 0. The van der Waals surface area contributed by atoms with Gasteiger partial charge in [0, 0.05) is 13.1 Å². The Balaban J connectivity index is 3.93. The molecule has 11 heavy (non-hydrogen) atoms. The molecule has 0 spiro atoms. The van der Waals surface area contributed by atoms with Gasteiger partial charge in [-0.1, -0.05) is 0 Å². The average Bonchev–Trinajstić information content (AvgIpc) is 1.87. The van der Waals surface area contributed by atoms with E-state index >= 15 is 0 Å². The van der Waals surface area contributed by atoms with Crippen molar-refractivity contribution >= 4 is 16.4 Å². The molecule has 0 aromatic heterocycles. The number of hydrogen-bond acceptors (Lipinski definition) is 3. The summed E-state index contributed by atoms with van der Waals surface area (Å²) >= 11 is 0. The molecular formula is C5H13N3O2S. The average molecular weight is 179 g/mol. The minimum absolute atomic E-state index is 0.232. The SMILES string of the molecule is CNS(=O)(=O)N[C@H](C)CC=N. The van der Waals surface area contributed by atoms with Crippen LogP contribution in [-0.4, -0.2) is 27.7 Å². The number of hydrogen-bond donors (Lipinski definition) is 3. The first kappa shape index (κ1) is 10.5. The normalized spacial score (nSPS) is 14.4. The quantitative estimate of drug-likeness (QED) is 0.496. The lowest BCUT2D eigenvalue weighted by atomic mass is 10.3. The highest BCUT2D eigenvalue weighted by Gasteiger charge is 2.09. The van der Waals surface area contributed by atoms with Crippen LogP contribution < -0.4 is 9.44 Å². The van der Waals surface area contributed by atoms with Crippen LogP contribution >= 0.6 is 0 Å². The molecule has 6 heteroatoms. The van der Waals surface area contributed by atoms with Gasteiger partial charge in [-0.15, -0.1) is 0 Å². The van der Waals surface area contributed by atoms with Crippen LogP contribution in [0.15, 0.2) is 0 Å². The van der Waals surface area contributed by atoms with E-state index in [9.17, 15) is 8.42 Å². The minimum atomic E-state index is -3.34. The second-order valence-corrected chi connectivity index (χ2v) is 3.82. The fraction of sp³-hybridized carbons (Fsp3) is 0.800. The Bertz CT molecular complexity index is 212. The molecular weight excluding hydrogens is 166 g/mol. The van der Waals surface area contributed by atoms with Gasteiger partial charge in [0.25, 0.3) is 10.2 Å². The van der Waals surface area contributed by atoms with Gasteiger partial charge in [0.05, 0.1) is 0 Å². The molecule has 0 aliphatic heterocycles. The summed E-state index contributed by atoms with van der Waals surface area (Å²) in [5, 5.41) is 6.72. The van der Waals surface area contributed by atoms with Crippen molar-refractivity contribution in [1.29, 1.82) is 5.41 Å². The molecule has 0 fully saturated rings. The van der Waals surface area contributed by atoms with E-state index in [0.717, 1.165) is 0 Å². The summed E-state index contributed by atoms with van der Waals surface area (Å²) in [4.78, 5) is 0. The third-order valence-corrected chi connectivity index (χ3v) is 2.35. The van der Waals surface area contributed by atoms with Crippen LogP contribution in [0.2, 0.25) is 0 Å². The van der Waals surface area contributed by atoms with Gasteiger partial charge in [-0.05, 0) is 19.6 Å². The maximum atomic E-state index is 10.8. The first-order valence-electron chi connectivity index (χ1n) is 3.21. The molecule has 0 amide bonds. The highest BCUT2D eigenvalue weighted by atomic mass is 32.2. The van der Waals surface area contributed by atoms with Gasteiger partial charge < -0.3 is 5.41 Å². The van der Waals surface area contributed by atoms with E-state index in [4.69, 9.17) is 5.41 Å². The van der Waals surface area contributed by atoms with Crippen LogP contribution in [0.5, 0.6) is 0 Å². The van der Waals surface area contributed by atoms with Gasteiger partial charge in [-0.3, -0.25) is 0 Å². The molecule has 66 valence electrons. The van der Waals surface area contributed by atoms with Crippen LogP contribution in [0.1, 0.15) is 13.3 Å². The summed E-state index contributed by atoms with van der Waals surface area (Å²) in [5.41, 5.74) is 0. The molecule has 0 heterocycles. The zero-order valence-corrected chi connectivity index (χ0v) is 7.40. The van der Waals surface area contributed by atoms with Gasteiger partial charge in [-0.2, -0.15) is 13.1 Å². The predicted octanol–water partition coefficient (Wildman–Crippen LogP) is -0.532.